The van der Waals surface area contributed by atoms with Gasteiger partial charge in [0.15, 0.2) is 5.13 Å². The molecule has 1 aromatic carbocycles. The molecule has 2 unspecified atom stereocenters. The number of anilines is 1. The van der Waals surface area contributed by atoms with Crippen molar-refractivity contribution < 1.29 is 14.6 Å². The van der Waals surface area contributed by atoms with Gasteiger partial charge in [0.1, 0.15) is 17.2 Å². The molecule has 0 bridgehead atoms. The fourth-order valence-corrected chi connectivity index (χ4v) is 4.33. The van der Waals surface area contributed by atoms with Crippen LogP contribution in [-0.2, 0) is 0 Å². The Bertz CT molecular complexity index is 990. The van der Waals surface area contributed by atoms with E-state index in [-0.39, 0.29) is 18.1 Å². The molecule has 4 rings (SSSR count). The number of carbonyl (C=O) groups excluding carboxylic acids is 1. The summed E-state index contributed by atoms with van der Waals surface area (Å²) in [4.78, 5) is 20.4. The number of thiazole rings is 1. The van der Waals surface area contributed by atoms with Crippen molar-refractivity contribution in [1.29, 1.82) is 0 Å². The highest BCUT2D eigenvalue weighted by molar-refractivity contribution is 7.22. The van der Waals surface area contributed by atoms with Gasteiger partial charge in [-0.3, -0.25) is 9.78 Å². The molecule has 1 aliphatic rings. The molecule has 2 aromatic heterocycles. The zero-order valence-electron chi connectivity index (χ0n) is 15.5. The first-order valence-corrected chi connectivity index (χ1v) is 10.1. The second-order valence-electron chi connectivity index (χ2n) is 6.87. The normalized spacial score (nSPS) is 19.4. The minimum Gasteiger partial charge on any atom is -0.457 e. The van der Waals surface area contributed by atoms with Crippen molar-refractivity contribution in [2.45, 2.75) is 37.8 Å². The third-order valence-electron chi connectivity index (χ3n) is 4.76. The maximum absolute atomic E-state index is 11.7. The number of rotatable bonds is 5. The largest absolute Gasteiger partial charge is 0.457 e. The molecular formula is C20H22N4O3S. The average molecular weight is 398 g/mol. The van der Waals surface area contributed by atoms with Gasteiger partial charge in [-0.1, -0.05) is 11.3 Å². The molecule has 0 saturated heterocycles. The average Bonchev–Trinajstić information content (AvgIpc) is 3.09. The van der Waals surface area contributed by atoms with Crippen molar-refractivity contribution in [3.05, 3.63) is 42.2 Å². The molecule has 8 heteroatoms. The van der Waals surface area contributed by atoms with Crippen LogP contribution in [0.1, 0.15) is 36.2 Å². The summed E-state index contributed by atoms with van der Waals surface area (Å²) in [5.74, 6) is 0.962. The number of amides is 1. The number of aliphatic hydroxyl groups is 1. The van der Waals surface area contributed by atoms with Crippen molar-refractivity contribution in [2.24, 2.45) is 0 Å². The zero-order chi connectivity index (χ0) is 19.5. The Morgan fingerprint density at radius 2 is 2.11 bits per heavy atom. The SMILES string of the molecule is CNC(=O)c1cc(Oc2ccc3nc(NC4CCCC(O)C4)sc3c2)ccn1. The summed E-state index contributed by atoms with van der Waals surface area (Å²) in [6.07, 6.45) is 5.06. The molecule has 0 radical (unpaired) electrons. The van der Waals surface area contributed by atoms with Crippen LogP contribution in [0.2, 0.25) is 0 Å². The number of carbonyl (C=O) groups is 1. The smallest absolute Gasteiger partial charge is 0.269 e. The van der Waals surface area contributed by atoms with Crippen LogP contribution >= 0.6 is 11.3 Å². The number of hydrogen-bond acceptors (Lipinski definition) is 7. The number of benzene rings is 1. The summed E-state index contributed by atoms with van der Waals surface area (Å²) in [6.45, 7) is 0. The first-order chi connectivity index (χ1) is 13.6. The van der Waals surface area contributed by atoms with E-state index in [0.717, 1.165) is 41.0 Å². The lowest BCUT2D eigenvalue weighted by molar-refractivity contribution is 0.0957. The van der Waals surface area contributed by atoms with E-state index in [4.69, 9.17) is 4.74 Å². The van der Waals surface area contributed by atoms with E-state index in [1.165, 1.54) is 0 Å². The van der Waals surface area contributed by atoms with Gasteiger partial charge < -0.3 is 20.5 Å². The molecule has 3 aromatic rings. The van der Waals surface area contributed by atoms with Crippen LogP contribution in [0.4, 0.5) is 5.13 Å². The summed E-state index contributed by atoms with van der Waals surface area (Å²) in [7, 11) is 1.56. The predicted octanol–water partition coefficient (Wildman–Crippen LogP) is 3.56. The first-order valence-electron chi connectivity index (χ1n) is 9.32. The van der Waals surface area contributed by atoms with E-state index in [0.29, 0.717) is 17.2 Å². The van der Waals surface area contributed by atoms with Gasteiger partial charge >= 0.3 is 0 Å². The number of aliphatic hydroxyl groups excluding tert-OH is 1. The molecule has 1 fully saturated rings. The Balaban J connectivity index is 1.49. The minimum absolute atomic E-state index is 0.222. The van der Waals surface area contributed by atoms with Crippen molar-refractivity contribution in [3.8, 4) is 11.5 Å². The molecule has 7 nitrogen and oxygen atoms in total. The topological polar surface area (TPSA) is 96.4 Å². The van der Waals surface area contributed by atoms with Gasteiger partial charge in [0, 0.05) is 31.4 Å². The van der Waals surface area contributed by atoms with Crippen LogP contribution in [-0.4, -0.2) is 40.2 Å². The third-order valence-corrected chi connectivity index (χ3v) is 5.71. The molecule has 0 spiro atoms. The number of fused-ring (bicyclic) bond motifs is 1. The standard InChI is InChI=1S/C20H22N4O3S/c1-21-19(26)17-10-15(7-8-22-17)27-14-5-6-16-18(11-14)28-20(24-16)23-12-3-2-4-13(25)9-12/h5-8,10-13,25H,2-4,9H2,1H3,(H,21,26)(H,23,24). The van der Waals surface area contributed by atoms with E-state index < -0.39 is 0 Å². The quantitative estimate of drug-likeness (QED) is 0.608. The Labute approximate surface area is 166 Å². The molecule has 2 heterocycles. The lowest BCUT2D eigenvalue weighted by Gasteiger charge is -2.26. The zero-order valence-corrected chi connectivity index (χ0v) is 16.3. The molecule has 1 saturated carbocycles. The lowest BCUT2D eigenvalue weighted by atomic mass is 9.93. The van der Waals surface area contributed by atoms with Crippen molar-refractivity contribution in [3.63, 3.8) is 0 Å². The van der Waals surface area contributed by atoms with Crippen LogP contribution in [0.5, 0.6) is 11.5 Å². The summed E-state index contributed by atoms with van der Waals surface area (Å²) < 4.78 is 6.91. The Kier molecular flexibility index (Phi) is 5.40. The number of nitrogens with one attached hydrogen (secondary N) is 2. The lowest BCUT2D eigenvalue weighted by Crippen LogP contribution is -2.29. The second-order valence-corrected chi connectivity index (χ2v) is 7.90. The van der Waals surface area contributed by atoms with E-state index in [9.17, 15) is 9.90 Å². The molecular weight excluding hydrogens is 376 g/mol. The van der Waals surface area contributed by atoms with Crippen LogP contribution in [0, 0.1) is 0 Å². The Morgan fingerprint density at radius 1 is 1.25 bits per heavy atom. The molecule has 0 aliphatic heterocycles. The number of pyridine rings is 1. The van der Waals surface area contributed by atoms with Crippen LogP contribution in [0.3, 0.4) is 0 Å². The van der Waals surface area contributed by atoms with Gasteiger partial charge in [0.05, 0.1) is 16.3 Å². The fourth-order valence-electron chi connectivity index (χ4n) is 3.36. The van der Waals surface area contributed by atoms with Crippen molar-refractivity contribution in [1.82, 2.24) is 15.3 Å². The van der Waals surface area contributed by atoms with Crippen LogP contribution in [0.25, 0.3) is 10.2 Å². The molecule has 1 amide bonds. The fraction of sp³-hybridized carbons (Fsp3) is 0.350. The molecule has 28 heavy (non-hydrogen) atoms. The summed E-state index contributed by atoms with van der Waals surface area (Å²) in [5.41, 5.74) is 1.21. The third kappa shape index (κ3) is 4.23. The predicted molar refractivity (Wildman–Crippen MR) is 109 cm³/mol. The van der Waals surface area contributed by atoms with Gasteiger partial charge in [-0.2, -0.15) is 0 Å². The Morgan fingerprint density at radius 3 is 2.93 bits per heavy atom. The minimum atomic E-state index is -0.257. The van der Waals surface area contributed by atoms with Crippen molar-refractivity contribution in [2.75, 3.05) is 12.4 Å². The van der Waals surface area contributed by atoms with Gasteiger partial charge in [-0.15, -0.1) is 0 Å². The highest BCUT2D eigenvalue weighted by atomic mass is 32.1. The number of hydrogen-bond donors (Lipinski definition) is 3. The van der Waals surface area contributed by atoms with Gasteiger partial charge in [0.25, 0.3) is 5.91 Å². The van der Waals surface area contributed by atoms with Gasteiger partial charge in [-0.05, 0) is 43.9 Å². The van der Waals surface area contributed by atoms with Crippen LogP contribution in [0.15, 0.2) is 36.5 Å². The second kappa shape index (κ2) is 8.12. The van der Waals surface area contributed by atoms with E-state index in [1.54, 1.807) is 36.7 Å². The van der Waals surface area contributed by atoms with E-state index in [1.807, 2.05) is 18.2 Å². The van der Waals surface area contributed by atoms with E-state index in [2.05, 4.69) is 20.6 Å². The summed E-state index contributed by atoms with van der Waals surface area (Å²) >= 11 is 1.57. The highest BCUT2D eigenvalue weighted by Crippen LogP contribution is 2.32. The van der Waals surface area contributed by atoms with Crippen molar-refractivity contribution >= 4 is 32.6 Å². The first kappa shape index (κ1) is 18.6. The maximum atomic E-state index is 11.7. The number of ether oxygens (including phenoxy) is 1. The highest BCUT2D eigenvalue weighted by Gasteiger charge is 2.21. The number of aromatic nitrogens is 2. The van der Waals surface area contributed by atoms with E-state index >= 15 is 0 Å². The number of nitrogens with zero attached hydrogens (tertiary/aromatic N) is 2. The molecule has 146 valence electrons. The molecule has 1 aliphatic carbocycles. The molecule has 3 N–H and O–H groups in total. The van der Waals surface area contributed by atoms with Gasteiger partial charge in [-0.25, -0.2) is 4.98 Å². The summed E-state index contributed by atoms with van der Waals surface area (Å²) in [5, 5.41) is 16.7. The van der Waals surface area contributed by atoms with Gasteiger partial charge in [0.2, 0.25) is 0 Å². The Hall–Kier alpha value is -2.71. The summed E-state index contributed by atoms with van der Waals surface area (Å²) in [6, 6.07) is 9.30. The maximum Gasteiger partial charge on any atom is 0.269 e. The van der Waals surface area contributed by atoms with Crippen LogP contribution < -0.4 is 15.4 Å². The molecule has 2 atom stereocenters. The monoisotopic (exact) mass is 398 g/mol.